The van der Waals surface area contributed by atoms with Crippen molar-refractivity contribution in [2.24, 2.45) is 5.41 Å². The van der Waals surface area contributed by atoms with E-state index in [9.17, 15) is 0 Å². The molecule has 0 aliphatic heterocycles. The minimum absolute atomic E-state index is 0.665. The normalized spacial score (nSPS) is 27.2. The fourth-order valence-electron chi connectivity index (χ4n) is 2.91. The highest BCUT2D eigenvalue weighted by atomic mass is 14.4. The first-order valence-corrected chi connectivity index (χ1v) is 6.79. The van der Waals surface area contributed by atoms with Crippen molar-refractivity contribution in [1.29, 1.82) is 0 Å². The van der Waals surface area contributed by atoms with E-state index in [4.69, 9.17) is 0 Å². The molecule has 15 heavy (non-hydrogen) atoms. The van der Waals surface area contributed by atoms with Crippen molar-refractivity contribution in [2.45, 2.75) is 79.1 Å². The molecule has 0 fully saturated rings. The molecular weight excluding hydrogens is 180 g/mol. The van der Waals surface area contributed by atoms with Crippen LogP contribution in [0.5, 0.6) is 0 Å². The molecule has 88 valence electrons. The second-order valence-electron chi connectivity index (χ2n) is 5.55. The lowest BCUT2D eigenvalue weighted by Gasteiger charge is -2.38. The fourth-order valence-corrected chi connectivity index (χ4v) is 2.91. The van der Waals surface area contributed by atoms with Gasteiger partial charge in [-0.3, -0.25) is 0 Å². The van der Waals surface area contributed by atoms with Gasteiger partial charge in [0.05, 0.1) is 0 Å². The smallest absolute Gasteiger partial charge is 0.0260 e. The molecule has 0 radical (unpaired) electrons. The van der Waals surface area contributed by atoms with Crippen molar-refractivity contribution in [1.82, 2.24) is 0 Å². The third-order valence-electron chi connectivity index (χ3n) is 4.46. The lowest BCUT2D eigenvalue weighted by atomic mass is 9.68. The predicted molar refractivity (Wildman–Crippen MR) is 69.1 cm³/mol. The summed E-state index contributed by atoms with van der Waals surface area (Å²) in [5.74, 6) is 0. The molecule has 0 spiro atoms. The molecule has 0 aromatic carbocycles. The Balaban J connectivity index is 2.55. The lowest BCUT2D eigenvalue weighted by Crippen LogP contribution is -2.24. The van der Waals surface area contributed by atoms with Crippen molar-refractivity contribution in [3.63, 3.8) is 0 Å². The molecule has 0 nitrogen and oxygen atoms in total. The summed E-state index contributed by atoms with van der Waals surface area (Å²) in [6.45, 7) is 9.36. The molecule has 0 heterocycles. The summed E-state index contributed by atoms with van der Waals surface area (Å²) in [5, 5.41) is 0. The maximum absolute atomic E-state index is 2.39. The number of hydrogen-bond acceptors (Lipinski definition) is 0. The van der Waals surface area contributed by atoms with Gasteiger partial charge in [-0.05, 0) is 44.9 Å². The summed E-state index contributed by atoms with van der Waals surface area (Å²) in [6.07, 6.45) is 11.2. The first-order valence-electron chi connectivity index (χ1n) is 6.79. The Bertz CT molecular complexity index is 224. The van der Waals surface area contributed by atoms with Gasteiger partial charge >= 0.3 is 0 Å². The van der Waals surface area contributed by atoms with Crippen molar-refractivity contribution in [3.8, 4) is 0 Å². The zero-order chi connectivity index (χ0) is 11.3. The third kappa shape index (κ3) is 3.36. The minimum atomic E-state index is 0.665. The highest BCUT2D eigenvalue weighted by Gasteiger charge is 2.30. The number of allylic oxidation sites excluding steroid dienone is 2. The molecule has 1 atom stereocenters. The molecule has 1 rings (SSSR count). The average molecular weight is 208 g/mol. The van der Waals surface area contributed by atoms with Gasteiger partial charge in [0.25, 0.3) is 0 Å². The van der Waals surface area contributed by atoms with Crippen LogP contribution in [0.4, 0.5) is 0 Å². The molecule has 0 bridgehead atoms. The Morgan fingerprint density at radius 3 is 2.33 bits per heavy atom. The highest BCUT2D eigenvalue weighted by molar-refractivity contribution is 5.16. The van der Waals surface area contributed by atoms with Gasteiger partial charge in [0.15, 0.2) is 0 Å². The van der Waals surface area contributed by atoms with Crippen LogP contribution in [0.25, 0.3) is 0 Å². The van der Waals surface area contributed by atoms with Crippen molar-refractivity contribution in [3.05, 3.63) is 11.1 Å². The summed E-state index contributed by atoms with van der Waals surface area (Å²) in [4.78, 5) is 0. The Morgan fingerprint density at radius 2 is 1.80 bits per heavy atom. The van der Waals surface area contributed by atoms with Crippen LogP contribution in [0.1, 0.15) is 79.1 Å². The topological polar surface area (TPSA) is 0 Å². The highest BCUT2D eigenvalue weighted by Crippen LogP contribution is 2.45. The molecule has 1 aliphatic carbocycles. The molecule has 0 aromatic heterocycles. The van der Waals surface area contributed by atoms with Gasteiger partial charge in [0, 0.05) is 0 Å². The fraction of sp³-hybridized carbons (Fsp3) is 0.867. The molecular formula is C15H28. The molecule has 0 saturated carbocycles. The molecule has 0 amide bonds. The molecule has 1 aliphatic rings. The van der Waals surface area contributed by atoms with E-state index in [-0.39, 0.29) is 0 Å². The molecule has 0 heteroatoms. The van der Waals surface area contributed by atoms with E-state index >= 15 is 0 Å². The summed E-state index contributed by atoms with van der Waals surface area (Å²) in [6, 6.07) is 0. The maximum Gasteiger partial charge on any atom is -0.0260 e. The molecule has 0 N–H and O–H groups in total. The monoisotopic (exact) mass is 208 g/mol. The predicted octanol–water partition coefficient (Wildman–Crippen LogP) is 5.48. The standard InChI is InChI=1S/C15H28/c1-5-7-8-10-15(6-2)11-9-13(3)14(4)12-15/h5-12H2,1-4H3/t15-/m1/s1. The van der Waals surface area contributed by atoms with Crippen LogP contribution in [-0.4, -0.2) is 0 Å². The number of rotatable bonds is 5. The van der Waals surface area contributed by atoms with Crippen LogP contribution in [0, 0.1) is 5.41 Å². The van der Waals surface area contributed by atoms with Gasteiger partial charge in [0.1, 0.15) is 0 Å². The van der Waals surface area contributed by atoms with E-state index < -0.39 is 0 Å². The van der Waals surface area contributed by atoms with E-state index in [0.717, 1.165) is 0 Å². The van der Waals surface area contributed by atoms with Crippen molar-refractivity contribution >= 4 is 0 Å². The molecule has 0 aromatic rings. The number of unbranched alkanes of at least 4 members (excludes halogenated alkanes) is 2. The zero-order valence-electron chi connectivity index (χ0n) is 11.2. The van der Waals surface area contributed by atoms with E-state index in [2.05, 4.69) is 27.7 Å². The van der Waals surface area contributed by atoms with Crippen LogP contribution in [-0.2, 0) is 0 Å². The Morgan fingerprint density at radius 1 is 1.07 bits per heavy atom. The van der Waals surface area contributed by atoms with Gasteiger partial charge in [-0.2, -0.15) is 0 Å². The summed E-state index contributed by atoms with van der Waals surface area (Å²) in [5.41, 5.74) is 4.01. The Kier molecular flexibility index (Phi) is 4.89. The first kappa shape index (κ1) is 12.8. The van der Waals surface area contributed by atoms with Crippen molar-refractivity contribution in [2.75, 3.05) is 0 Å². The minimum Gasteiger partial charge on any atom is -0.0744 e. The quantitative estimate of drug-likeness (QED) is 0.414. The van der Waals surface area contributed by atoms with Gasteiger partial charge in [-0.25, -0.2) is 0 Å². The van der Waals surface area contributed by atoms with Crippen LogP contribution < -0.4 is 0 Å². The van der Waals surface area contributed by atoms with Gasteiger partial charge in [-0.15, -0.1) is 0 Å². The third-order valence-corrected chi connectivity index (χ3v) is 4.46. The van der Waals surface area contributed by atoms with Gasteiger partial charge in [-0.1, -0.05) is 50.7 Å². The maximum atomic E-state index is 2.39. The summed E-state index contributed by atoms with van der Waals surface area (Å²) < 4.78 is 0. The first-order chi connectivity index (χ1) is 7.13. The summed E-state index contributed by atoms with van der Waals surface area (Å²) >= 11 is 0. The molecule has 0 unspecified atom stereocenters. The van der Waals surface area contributed by atoms with E-state index in [1.54, 1.807) is 11.1 Å². The van der Waals surface area contributed by atoms with E-state index in [0.29, 0.717) is 5.41 Å². The van der Waals surface area contributed by atoms with Gasteiger partial charge < -0.3 is 0 Å². The van der Waals surface area contributed by atoms with Crippen LogP contribution in [0.2, 0.25) is 0 Å². The lowest BCUT2D eigenvalue weighted by molar-refractivity contribution is 0.206. The average Bonchev–Trinajstić information content (AvgIpc) is 2.24. The second-order valence-corrected chi connectivity index (χ2v) is 5.55. The van der Waals surface area contributed by atoms with Crippen molar-refractivity contribution < 1.29 is 0 Å². The number of hydrogen-bond donors (Lipinski definition) is 0. The second kappa shape index (κ2) is 5.72. The zero-order valence-corrected chi connectivity index (χ0v) is 11.2. The van der Waals surface area contributed by atoms with Crippen LogP contribution in [0.15, 0.2) is 11.1 Å². The van der Waals surface area contributed by atoms with E-state index in [1.165, 1.54) is 51.4 Å². The Hall–Kier alpha value is -0.260. The van der Waals surface area contributed by atoms with Gasteiger partial charge in [0.2, 0.25) is 0 Å². The van der Waals surface area contributed by atoms with E-state index in [1.807, 2.05) is 0 Å². The van der Waals surface area contributed by atoms with Crippen LogP contribution >= 0.6 is 0 Å². The van der Waals surface area contributed by atoms with Crippen LogP contribution in [0.3, 0.4) is 0 Å². The largest absolute Gasteiger partial charge is 0.0744 e. The molecule has 0 saturated heterocycles. The SMILES string of the molecule is CCCCC[C@]1(CC)CCC(C)=C(C)C1. The summed E-state index contributed by atoms with van der Waals surface area (Å²) in [7, 11) is 0. The Labute approximate surface area is 96.2 Å².